The van der Waals surface area contributed by atoms with Crippen LogP contribution in [0.3, 0.4) is 0 Å². The van der Waals surface area contributed by atoms with Gasteiger partial charge in [-0.1, -0.05) is 0 Å². The van der Waals surface area contributed by atoms with Gasteiger partial charge in [0.25, 0.3) is 0 Å². The van der Waals surface area contributed by atoms with E-state index < -0.39 is 17.4 Å². The molecule has 0 bridgehead atoms. The fraction of sp³-hybridized carbons (Fsp3) is 0.273. The number of aromatic nitrogens is 1. The zero-order valence-electron chi connectivity index (χ0n) is 9.69. The number of hydrogen-bond donors (Lipinski definition) is 1. The van der Waals surface area contributed by atoms with Gasteiger partial charge in [0, 0.05) is 0 Å². The summed E-state index contributed by atoms with van der Waals surface area (Å²) >= 11 is -2.73. The SMILES string of the molecule is Cl.Cl.[CH3][Zr]([CH3])(=[SiH2])([C]1=CC=CC1)[c]1ccc[nH]1. The molecule has 1 heterocycles. The molecule has 1 nitrogen and oxygen atoms in total. The van der Waals surface area contributed by atoms with Crippen molar-refractivity contribution in [1.82, 2.24) is 4.98 Å². The molecule has 2 rings (SSSR count). The van der Waals surface area contributed by atoms with Crippen molar-refractivity contribution in [2.75, 3.05) is 0 Å². The van der Waals surface area contributed by atoms with Crippen molar-refractivity contribution < 1.29 is 17.4 Å². The molecule has 1 aliphatic rings. The van der Waals surface area contributed by atoms with Crippen LogP contribution < -0.4 is 3.40 Å². The molecule has 1 N–H and O–H groups in total. The average molecular weight is 355 g/mol. The van der Waals surface area contributed by atoms with Crippen molar-refractivity contribution in [3.63, 3.8) is 0 Å². The van der Waals surface area contributed by atoms with Crippen LogP contribution in [0.1, 0.15) is 6.42 Å². The first-order chi connectivity index (χ1) is 6.49. The van der Waals surface area contributed by atoms with Gasteiger partial charge in [0.2, 0.25) is 0 Å². The number of hydrogen-bond acceptors (Lipinski definition) is 0. The van der Waals surface area contributed by atoms with Crippen LogP contribution in [-0.4, -0.2) is 11.9 Å². The van der Waals surface area contributed by atoms with Crippen LogP contribution in [0.4, 0.5) is 0 Å². The Balaban J connectivity index is 0.00000112. The van der Waals surface area contributed by atoms with Gasteiger partial charge in [0.1, 0.15) is 0 Å². The molecule has 0 unspecified atom stereocenters. The molecule has 0 aliphatic heterocycles. The quantitative estimate of drug-likeness (QED) is 0.785. The first-order valence-corrected chi connectivity index (χ1v) is 18.4. The zero-order chi connectivity index (χ0) is 10.3. The second kappa shape index (κ2) is 5.39. The van der Waals surface area contributed by atoms with E-state index in [1.165, 1.54) is 9.82 Å². The maximum absolute atomic E-state index is 3.43. The molecule has 0 atom stereocenters. The summed E-state index contributed by atoms with van der Waals surface area (Å²) in [6, 6.07) is 4.38. The van der Waals surface area contributed by atoms with Crippen LogP contribution >= 0.6 is 24.8 Å². The Morgan fingerprint density at radius 2 is 2.00 bits per heavy atom. The van der Waals surface area contributed by atoms with Gasteiger partial charge in [-0.2, -0.15) is 0 Å². The van der Waals surface area contributed by atoms with Gasteiger partial charge >= 0.3 is 88.2 Å². The summed E-state index contributed by atoms with van der Waals surface area (Å²) < 4.78 is 8.20. The van der Waals surface area contributed by atoms with Crippen molar-refractivity contribution in [1.29, 1.82) is 0 Å². The molecule has 0 amide bonds. The third-order valence-corrected chi connectivity index (χ3v) is 19.2. The fourth-order valence-electron chi connectivity index (χ4n) is 2.04. The molecule has 1 aromatic rings. The van der Waals surface area contributed by atoms with E-state index in [9.17, 15) is 0 Å². The zero-order valence-corrected chi connectivity index (χ0v) is 15.2. The Kier molecular flexibility index (Phi) is 5.54. The molecular formula is C11H19Cl2NSiZr. The number of H-pyrrole nitrogens is 1. The van der Waals surface area contributed by atoms with Crippen molar-refractivity contribution in [2.24, 2.45) is 0 Å². The van der Waals surface area contributed by atoms with E-state index in [1.807, 2.05) is 6.20 Å². The molecule has 1 aliphatic carbocycles. The predicted octanol–water partition coefficient (Wildman–Crippen LogP) is 2.66. The van der Waals surface area contributed by atoms with Crippen LogP contribution in [0.2, 0.25) is 9.26 Å². The Morgan fingerprint density at radius 3 is 2.44 bits per heavy atom. The number of aromatic amines is 1. The van der Waals surface area contributed by atoms with Gasteiger partial charge in [-0.3, -0.25) is 0 Å². The summed E-state index contributed by atoms with van der Waals surface area (Å²) in [4.78, 5) is 3.43. The molecule has 90 valence electrons. The molecule has 1 aromatic heterocycles. The summed E-state index contributed by atoms with van der Waals surface area (Å²) in [7, 11) is 0. The second-order valence-corrected chi connectivity index (χ2v) is 33.7. The van der Waals surface area contributed by atoms with Crippen LogP contribution in [-0.2, 0) is 17.4 Å². The summed E-state index contributed by atoms with van der Waals surface area (Å²) in [6.07, 6.45) is 10.0. The van der Waals surface area contributed by atoms with E-state index >= 15 is 0 Å². The van der Waals surface area contributed by atoms with Gasteiger partial charge in [-0.25, -0.2) is 0 Å². The van der Waals surface area contributed by atoms with Crippen LogP contribution in [0.5, 0.6) is 0 Å². The van der Waals surface area contributed by atoms with E-state index in [2.05, 4.69) is 51.5 Å². The summed E-state index contributed by atoms with van der Waals surface area (Å²) in [5, 5.41) is 0. The summed E-state index contributed by atoms with van der Waals surface area (Å²) in [6.45, 7) is 2.26. The third-order valence-electron chi connectivity index (χ3n) is 3.26. The second-order valence-electron chi connectivity index (χ2n) is 5.09. The van der Waals surface area contributed by atoms with Crippen molar-refractivity contribution in [3.8, 4) is 0 Å². The number of halogens is 2. The van der Waals surface area contributed by atoms with E-state index in [-0.39, 0.29) is 24.8 Å². The van der Waals surface area contributed by atoms with Gasteiger partial charge in [-0.05, 0) is 0 Å². The number of rotatable bonds is 2. The number of allylic oxidation sites excluding steroid dienone is 4. The summed E-state index contributed by atoms with van der Waals surface area (Å²) in [5.41, 5.74) is 0. The topological polar surface area (TPSA) is 15.8 Å². The van der Waals surface area contributed by atoms with E-state index in [0.29, 0.717) is 0 Å². The Hall–Kier alpha value is 0.440. The van der Waals surface area contributed by atoms with Gasteiger partial charge < -0.3 is 0 Å². The van der Waals surface area contributed by atoms with Crippen LogP contribution in [0, 0.1) is 0 Å². The van der Waals surface area contributed by atoms with Crippen LogP contribution in [0.25, 0.3) is 0 Å². The minimum absolute atomic E-state index is 0. The molecule has 16 heavy (non-hydrogen) atoms. The molecule has 0 aromatic carbocycles. The number of nitrogens with one attached hydrogen (secondary N) is 1. The normalized spacial score (nSPS) is 15.1. The van der Waals surface area contributed by atoms with Gasteiger partial charge in [-0.15, -0.1) is 24.8 Å². The third kappa shape index (κ3) is 2.81. The van der Waals surface area contributed by atoms with Gasteiger partial charge in [0.15, 0.2) is 0 Å². The average Bonchev–Trinajstić information content (AvgIpc) is 2.78. The molecule has 5 heteroatoms. The summed E-state index contributed by atoms with van der Waals surface area (Å²) in [5.74, 6) is 0. The van der Waals surface area contributed by atoms with E-state index in [0.717, 1.165) is 0 Å². The fourth-order valence-corrected chi connectivity index (χ4v) is 12.1. The van der Waals surface area contributed by atoms with Crippen molar-refractivity contribution >= 4 is 35.1 Å². The molecule has 0 saturated carbocycles. The molecule has 0 radical (unpaired) electrons. The Bertz CT molecular complexity index is 468. The monoisotopic (exact) mass is 353 g/mol. The Morgan fingerprint density at radius 1 is 1.31 bits per heavy atom. The molecule has 0 spiro atoms. The standard InChI is InChI=1S/C5H5.C4H4N.2CH3.2ClH.H2Si.Zr/c2*1-2-4-5-3-1;;;;;;/h1-3H,4H2;1-3,5H;2*1H3;2*1H;1H2;. The molecule has 0 fully saturated rings. The maximum atomic E-state index is 3.43. The first kappa shape index (κ1) is 16.4. The minimum atomic E-state index is -2.73. The first-order valence-electron chi connectivity index (χ1n) is 5.06. The van der Waals surface area contributed by atoms with Crippen molar-refractivity contribution in [2.45, 2.75) is 15.7 Å². The molecule has 0 saturated heterocycles. The van der Waals surface area contributed by atoms with Crippen LogP contribution in [0.15, 0.2) is 39.8 Å². The predicted molar refractivity (Wildman–Crippen MR) is 77.0 cm³/mol. The molecular weight excluding hydrogens is 336 g/mol. The van der Waals surface area contributed by atoms with E-state index in [1.54, 1.807) is 3.28 Å². The Labute approximate surface area is 112 Å². The van der Waals surface area contributed by atoms with Gasteiger partial charge in [0.05, 0.1) is 0 Å². The van der Waals surface area contributed by atoms with E-state index in [4.69, 9.17) is 0 Å². The van der Waals surface area contributed by atoms with Crippen molar-refractivity contribution in [3.05, 3.63) is 39.8 Å².